The summed E-state index contributed by atoms with van der Waals surface area (Å²) in [6, 6.07) is 37.6. The number of carbonyl (C=O) groups excluding carboxylic acids is 3. The first kappa shape index (κ1) is 137. The molecule has 26 heteroatoms. The van der Waals surface area contributed by atoms with E-state index in [0.717, 1.165) is 79.6 Å². The number of hydrogen-bond acceptors (Lipinski definition) is 21. The Hall–Kier alpha value is -3.97. The van der Waals surface area contributed by atoms with Gasteiger partial charge in [-0.2, -0.15) is 0 Å². The number of hydrogen-bond donors (Lipinski definition) is 0. The summed E-state index contributed by atoms with van der Waals surface area (Å²) in [5.74, 6) is 9.09. The molecular weight excluding hydrogens is 2250 g/mol. The Morgan fingerprint density at radius 3 is 0.752 bits per heavy atom. The molecule has 109 heavy (non-hydrogen) atoms. The van der Waals surface area contributed by atoms with Gasteiger partial charge in [0.25, 0.3) is 0 Å². The number of allylic oxidation sites excluding steroid dienone is 2. The number of aryl methyl sites for hydroxylation is 3. The van der Waals surface area contributed by atoms with Gasteiger partial charge in [-0.15, -0.1) is 0 Å². The molecule has 0 radical (unpaired) electrons. The molecule has 632 valence electrons. The molecule has 0 atom stereocenters. The van der Waals surface area contributed by atoms with Gasteiger partial charge in [0.05, 0.1) is 0 Å². The molecule has 0 bridgehead atoms. The molecule has 0 aliphatic carbocycles. The van der Waals surface area contributed by atoms with Crippen molar-refractivity contribution in [1.82, 2.24) is 0 Å². The van der Waals surface area contributed by atoms with Gasteiger partial charge in [0, 0.05) is 105 Å². The molecule has 5 aliphatic heterocycles. The van der Waals surface area contributed by atoms with Crippen LogP contribution >= 0.6 is 0 Å². The topological polar surface area (TPSA) is 217 Å². The molecule has 0 saturated carbocycles. The molecule has 5 aliphatic rings. The number of rotatable bonds is 29. The van der Waals surface area contributed by atoms with E-state index in [9.17, 15) is 14.4 Å². The second-order valence-electron chi connectivity index (χ2n) is 20.3. The summed E-state index contributed by atoms with van der Waals surface area (Å²) >= 11 is 0. The predicted octanol–water partition coefficient (Wildman–Crippen LogP) is 21.0. The van der Waals surface area contributed by atoms with Crippen molar-refractivity contribution < 1.29 is 205 Å². The normalized spacial score (nSPS) is 12.6. The van der Waals surface area contributed by atoms with Crippen molar-refractivity contribution in [3.63, 3.8) is 0 Å². The van der Waals surface area contributed by atoms with Crippen LogP contribution in [0.2, 0.25) is 0 Å². The van der Waals surface area contributed by atoms with E-state index in [1.807, 2.05) is 118 Å². The summed E-state index contributed by atoms with van der Waals surface area (Å²) in [5.41, 5.74) is 5.80. The minimum atomic E-state index is -0.779. The molecule has 5 saturated heterocycles. The quantitative estimate of drug-likeness (QED) is 0.0109. The third kappa shape index (κ3) is 61.2. The van der Waals surface area contributed by atoms with E-state index < -0.39 is 18.5 Å². The Morgan fingerprint density at radius 1 is 0.321 bits per heavy atom. The zero-order valence-electron chi connectivity index (χ0n) is 54.0. The molecular formula is C83H139O21W5-5. The molecule has 0 unspecified atom stereocenters. The van der Waals surface area contributed by atoms with Gasteiger partial charge < -0.3 is 85.3 Å². The van der Waals surface area contributed by atoms with Crippen molar-refractivity contribution in [2.75, 3.05) is 133 Å². The first-order valence-corrected chi connectivity index (χ1v) is 29.5. The Balaban J connectivity index is -0.0000000828. The van der Waals surface area contributed by atoms with Crippen molar-refractivity contribution in [2.45, 2.75) is 151 Å². The summed E-state index contributed by atoms with van der Waals surface area (Å²) in [5, 5.41) is 0. The predicted molar refractivity (Wildman–Crippen MR) is 426 cm³/mol. The van der Waals surface area contributed by atoms with Crippen molar-refractivity contribution in [3.05, 3.63) is 191 Å². The Labute approximate surface area is 733 Å². The monoisotopic (exact) mass is 2390 g/mol. The van der Waals surface area contributed by atoms with Gasteiger partial charge in [0.2, 0.25) is 0 Å². The molecule has 5 fully saturated rings. The van der Waals surface area contributed by atoms with Crippen LogP contribution in [0.25, 0.3) is 12.2 Å². The molecule has 0 N–H and O–H groups in total. The zero-order valence-corrected chi connectivity index (χ0v) is 68.7. The van der Waals surface area contributed by atoms with E-state index in [4.69, 9.17) is 85.3 Å². The van der Waals surface area contributed by atoms with E-state index in [1.165, 1.54) is 28.5 Å². The van der Waals surface area contributed by atoms with Crippen molar-refractivity contribution in [2.24, 2.45) is 0 Å². The van der Waals surface area contributed by atoms with E-state index in [0.29, 0.717) is 96.7 Å². The van der Waals surface area contributed by atoms with E-state index >= 15 is 0 Å². The summed E-state index contributed by atoms with van der Waals surface area (Å²) in [4.78, 5) is 34.0. The average molecular weight is 2390 g/mol. The Morgan fingerprint density at radius 2 is 0.532 bits per heavy atom. The largest absolute Gasteiger partial charge is 0.515 e. The van der Waals surface area contributed by atoms with Crippen LogP contribution in [0.1, 0.15) is 159 Å². The molecule has 0 spiro atoms. The Kier molecular flexibility index (Phi) is 107. The average Bonchev–Trinajstić information content (AvgIpc) is 0.910. The molecule has 21 nitrogen and oxygen atoms in total. The van der Waals surface area contributed by atoms with Crippen LogP contribution in [0.15, 0.2) is 133 Å². The molecule has 0 aromatic heterocycles. The van der Waals surface area contributed by atoms with Crippen LogP contribution in [0.4, 0.5) is 14.4 Å². The second-order valence-corrected chi connectivity index (χ2v) is 20.3. The van der Waals surface area contributed by atoms with Gasteiger partial charge in [0.15, 0.2) is 34.0 Å². The Bertz CT molecular complexity index is 2810. The number of carbonyl (C=O) groups is 3. The van der Waals surface area contributed by atoms with Crippen molar-refractivity contribution >= 4 is 30.6 Å². The maximum Gasteiger partial charge on any atom is 0.515 e. The van der Waals surface area contributed by atoms with Gasteiger partial charge >= 0.3 is 18.5 Å². The van der Waals surface area contributed by atoms with Crippen LogP contribution in [0, 0.1) is 36.5 Å². The van der Waals surface area contributed by atoms with Crippen LogP contribution in [-0.4, -0.2) is 152 Å². The minimum Gasteiger partial charge on any atom is -0.468 e. The fourth-order valence-corrected chi connectivity index (χ4v) is 7.37. The van der Waals surface area contributed by atoms with Gasteiger partial charge in [0.1, 0.15) is 28.7 Å². The second kappa shape index (κ2) is 84.9. The molecule has 5 aromatic carbocycles. The van der Waals surface area contributed by atoms with Crippen molar-refractivity contribution in [3.8, 4) is 28.7 Å². The van der Waals surface area contributed by atoms with Gasteiger partial charge in [-0.3, -0.25) is 0 Å². The van der Waals surface area contributed by atoms with Crippen LogP contribution in [0.3, 0.4) is 0 Å². The zero-order chi connectivity index (χ0) is 63.6. The standard InChI is InChI=1S/C15H17O5.C14H17O5.C14H17O3.C13H15O5.C13H17O3.14CH4.5W/c1-2-3-12-4-6-14(7-5-12)20-15(16)19-11-18-10-13-8-17-9-13;1-2-11-3-5-13(6-4-11)19-14(15)18-10-17-9-12-7-16-8-12;1-2-3-12-4-6-14(7-5-12)17-11-16-10-13-8-15-9-13;1-10-2-4-12(5-3-10)18-13(14)17-9-16-8-11-6-15-7-11;1-2-11-3-5-13(6-4-11)16-10-15-9-12-7-14-8-12;;;;;;;;;;;;;;;;;;;/h2-7H,8-11H2,1H3;3-6H,2,7-10H2,1H3;2-7H,8-11H2,1H3;2-5H,6-9H2,1H3;3-6H,2,7-10H2,1H3;14*1H4;;;;;/q5*-1;;;;;;;;;;;;;;;;;;;. The minimum absolute atomic E-state index is 0. The third-order valence-corrected chi connectivity index (χ3v) is 12.8. The molecule has 0 amide bonds. The van der Waals surface area contributed by atoms with Crippen molar-refractivity contribution in [1.29, 1.82) is 0 Å². The number of ether oxygens (including phenoxy) is 18. The molecule has 10 rings (SSSR count). The smallest absolute Gasteiger partial charge is 0.468 e. The fraction of sp³-hybridized carbons (Fsp3) is 0.494. The first-order chi connectivity index (χ1) is 44.1. The maximum absolute atomic E-state index is 11.4. The summed E-state index contributed by atoms with van der Waals surface area (Å²) < 4.78 is 91.2. The SMILES string of the molecule is C.C.C.C.C.C.C.C.C.C.C.C.C.C.CC=Cc1ccc(OC(=O)OCOC[C-]2COC2)cc1.CC=Cc1ccc(OCOC[C-]2COC2)cc1.CCc1ccc(OC(=O)OCOC[C-]2COC2)cc1.CCc1ccc(OCOC[C-]2COC2)cc1.Cc1ccc(OC(=O)OCOC[C-]2COC2)cc1.[W].[W].[W].[W].[W]. The van der Waals surface area contributed by atoms with Gasteiger partial charge in [-0.05, 0) is 117 Å². The first-order valence-electron chi connectivity index (χ1n) is 29.5. The summed E-state index contributed by atoms with van der Waals surface area (Å²) in [6.07, 6.45) is 7.64. The number of benzene rings is 5. The fourth-order valence-electron chi connectivity index (χ4n) is 7.37. The molecule has 5 aromatic rings. The van der Waals surface area contributed by atoms with Crippen LogP contribution in [-0.2, 0) is 180 Å². The summed E-state index contributed by atoms with van der Waals surface area (Å²) in [7, 11) is 0. The third-order valence-electron chi connectivity index (χ3n) is 12.8. The molecule has 5 heterocycles. The summed E-state index contributed by atoms with van der Waals surface area (Å²) in [6.45, 7) is 19.7. The van der Waals surface area contributed by atoms with Crippen LogP contribution in [0.5, 0.6) is 28.7 Å². The van der Waals surface area contributed by atoms with Gasteiger partial charge in [-0.25, -0.2) is 44.0 Å². The van der Waals surface area contributed by atoms with E-state index in [2.05, 4.69) is 26.0 Å². The maximum atomic E-state index is 11.4. The van der Waals surface area contributed by atoms with E-state index in [-0.39, 0.29) is 236 Å². The van der Waals surface area contributed by atoms with Gasteiger partial charge in [-0.1, -0.05) is 307 Å². The van der Waals surface area contributed by atoms with Crippen LogP contribution < -0.4 is 23.7 Å². The van der Waals surface area contributed by atoms with E-state index in [1.54, 1.807) is 36.4 Å².